The van der Waals surface area contributed by atoms with E-state index >= 15 is 0 Å². The maximum Gasteiger partial charge on any atom is 0.181 e. The summed E-state index contributed by atoms with van der Waals surface area (Å²) in [5, 5.41) is 7.69. The van der Waals surface area contributed by atoms with Crippen molar-refractivity contribution < 1.29 is 4.74 Å². The summed E-state index contributed by atoms with van der Waals surface area (Å²) in [7, 11) is 0. The molecular formula is C15H12ClN3O. The third-order valence-corrected chi connectivity index (χ3v) is 2.97. The molecule has 0 bridgehead atoms. The molecule has 1 N–H and O–H groups in total. The van der Waals surface area contributed by atoms with Gasteiger partial charge in [0.2, 0.25) is 0 Å². The highest BCUT2D eigenvalue weighted by Gasteiger charge is 2.06. The van der Waals surface area contributed by atoms with Gasteiger partial charge in [-0.3, -0.25) is 5.10 Å². The first kappa shape index (κ1) is 12.7. The molecular weight excluding hydrogens is 274 g/mol. The molecule has 0 aliphatic heterocycles. The fourth-order valence-electron chi connectivity index (χ4n) is 1.78. The second-order valence-corrected chi connectivity index (χ2v) is 4.65. The van der Waals surface area contributed by atoms with Crippen LogP contribution in [0.15, 0.2) is 54.6 Å². The van der Waals surface area contributed by atoms with Gasteiger partial charge in [-0.05, 0) is 18.2 Å². The van der Waals surface area contributed by atoms with Crippen LogP contribution in [0.4, 0.5) is 0 Å². The van der Waals surface area contributed by atoms with Gasteiger partial charge in [-0.15, -0.1) is 0 Å². The minimum atomic E-state index is 0.320. The zero-order valence-corrected chi connectivity index (χ0v) is 11.3. The van der Waals surface area contributed by atoms with Crippen molar-refractivity contribution in [3.63, 3.8) is 0 Å². The molecule has 1 aromatic heterocycles. The van der Waals surface area contributed by atoms with Gasteiger partial charge in [-0.2, -0.15) is 5.10 Å². The predicted molar refractivity (Wildman–Crippen MR) is 77.6 cm³/mol. The van der Waals surface area contributed by atoms with Crippen molar-refractivity contribution in [2.24, 2.45) is 0 Å². The van der Waals surface area contributed by atoms with Gasteiger partial charge in [0, 0.05) is 10.6 Å². The van der Waals surface area contributed by atoms with E-state index in [4.69, 9.17) is 16.3 Å². The average Bonchev–Trinajstić information content (AvgIpc) is 2.95. The number of aromatic nitrogens is 3. The van der Waals surface area contributed by atoms with Gasteiger partial charge in [0.1, 0.15) is 12.4 Å². The molecule has 4 nitrogen and oxygen atoms in total. The maximum absolute atomic E-state index is 5.89. The van der Waals surface area contributed by atoms with Gasteiger partial charge in [-0.1, -0.05) is 48.0 Å². The lowest BCUT2D eigenvalue weighted by atomic mass is 10.2. The Morgan fingerprint density at radius 2 is 1.90 bits per heavy atom. The standard InChI is InChI=1S/C15H12ClN3O/c16-12-7-4-8-13(9-12)20-10-14-17-15(19-18-14)11-5-2-1-3-6-11/h1-9H,10H2,(H,17,18,19). The normalized spacial score (nSPS) is 10.4. The van der Waals surface area contributed by atoms with E-state index in [1.54, 1.807) is 12.1 Å². The number of nitrogens with zero attached hydrogens (tertiary/aromatic N) is 2. The van der Waals surface area contributed by atoms with Crippen molar-refractivity contribution >= 4 is 11.6 Å². The molecule has 3 aromatic rings. The Balaban J connectivity index is 1.69. The lowest BCUT2D eigenvalue weighted by Crippen LogP contribution is -1.97. The number of nitrogens with one attached hydrogen (secondary N) is 1. The molecule has 0 fully saturated rings. The molecule has 0 saturated carbocycles. The highest BCUT2D eigenvalue weighted by Crippen LogP contribution is 2.18. The average molecular weight is 286 g/mol. The van der Waals surface area contributed by atoms with Crippen molar-refractivity contribution in [3.8, 4) is 17.1 Å². The molecule has 0 unspecified atom stereocenters. The van der Waals surface area contributed by atoms with E-state index < -0.39 is 0 Å². The summed E-state index contributed by atoms with van der Waals surface area (Å²) in [6, 6.07) is 17.0. The first-order valence-electron chi connectivity index (χ1n) is 6.16. The fourth-order valence-corrected chi connectivity index (χ4v) is 1.96. The number of hydrogen-bond donors (Lipinski definition) is 1. The number of H-pyrrole nitrogens is 1. The number of ether oxygens (including phenoxy) is 1. The first-order valence-corrected chi connectivity index (χ1v) is 6.54. The summed E-state index contributed by atoms with van der Waals surface area (Å²) >= 11 is 5.89. The molecule has 0 radical (unpaired) electrons. The monoisotopic (exact) mass is 285 g/mol. The summed E-state index contributed by atoms with van der Waals surface area (Å²) in [6.45, 7) is 0.320. The van der Waals surface area contributed by atoms with Crippen LogP contribution < -0.4 is 4.74 Å². The quantitative estimate of drug-likeness (QED) is 0.795. The lowest BCUT2D eigenvalue weighted by molar-refractivity contribution is 0.296. The third kappa shape index (κ3) is 2.97. The zero-order chi connectivity index (χ0) is 13.8. The van der Waals surface area contributed by atoms with Gasteiger partial charge >= 0.3 is 0 Å². The first-order chi connectivity index (χ1) is 9.81. The lowest BCUT2D eigenvalue weighted by Gasteiger charge is -2.03. The highest BCUT2D eigenvalue weighted by atomic mass is 35.5. The summed E-state index contributed by atoms with van der Waals surface area (Å²) in [6.07, 6.45) is 0. The molecule has 5 heteroatoms. The number of hydrogen-bond acceptors (Lipinski definition) is 3. The summed E-state index contributed by atoms with van der Waals surface area (Å²) in [5.41, 5.74) is 0.970. The van der Waals surface area contributed by atoms with Crippen LogP contribution in [-0.2, 0) is 6.61 Å². The Kier molecular flexibility index (Phi) is 3.65. The van der Waals surface area contributed by atoms with Crippen LogP contribution in [-0.4, -0.2) is 15.2 Å². The van der Waals surface area contributed by atoms with E-state index in [9.17, 15) is 0 Å². The number of benzene rings is 2. The van der Waals surface area contributed by atoms with E-state index in [-0.39, 0.29) is 0 Å². The second-order valence-electron chi connectivity index (χ2n) is 4.22. The molecule has 0 atom stereocenters. The van der Waals surface area contributed by atoms with Gasteiger partial charge in [0.25, 0.3) is 0 Å². The summed E-state index contributed by atoms with van der Waals surface area (Å²) in [4.78, 5) is 4.39. The van der Waals surface area contributed by atoms with Crippen LogP contribution in [0.2, 0.25) is 5.02 Å². The number of halogens is 1. The van der Waals surface area contributed by atoms with Gasteiger partial charge < -0.3 is 4.74 Å². The van der Waals surface area contributed by atoms with Crippen LogP contribution in [0.1, 0.15) is 5.82 Å². The van der Waals surface area contributed by atoms with Crippen molar-refractivity contribution in [3.05, 3.63) is 65.4 Å². The smallest absolute Gasteiger partial charge is 0.181 e. The SMILES string of the molecule is Clc1cccc(OCc2nc(-c3ccccc3)n[nH]2)c1. The maximum atomic E-state index is 5.89. The molecule has 0 aliphatic rings. The number of rotatable bonds is 4. The second kappa shape index (κ2) is 5.75. The van der Waals surface area contributed by atoms with E-state index in [1.807, 2.05) is 42.5 Å². The summed E-state index contributed by atoms with van der Waals surface area (Å²) in [5.74, 6) is 2.04. The van der Waals surface area contributed by atoms with Gasteiger partial charge in [-0.25, -0.2) is 4.98 Å². The topological polar surface area (TPSA) is 50.8 Å². The Hall–Kier alpha value is -2.33. The molecule has 0 amide bonds. The molecule has 20 heavy (non-hydrogen) atoms. The van der Waals surface area contributed by atoms with Crippen LogP contribution in [0.25, 0.3) is 11.4 Å². The van der Waals surface area contributed by atoms with Crippen LogP contribution in [0, 0.1) is 0 Å². The van der Waals surface area contributed by atoms with Crippen LogP contribution >= 0.6 is 11.6 Å². The van der Waals surface area contributed by atoms with Crippen LogP contribution in [0.3, 0.4) is 0 Å². The molecule has 3 rings (SSSR count). The van der Waals surface area contributed by atoms with E-state index in [0.29, 0.717) is 29.0 Å². The largest absolute Gasteiger partial charge is 0.486 e. The number of aromatic amines is 1. The Morgan fingerprint density at radius 3 is 2.70 bits per heavy atom. The predicted octanol–water partition coefficient (Wildman–Crippen LogP) is 3.70. The minimum absolute atomic E-state index is 0.320. The van der Waals surface area contributed by atoms with E-state index in [2.05, 4.69) is 15.2 Å². The Bertz CT molecular complexity index is 697. The minimum Gasteiger partial charge on any atom is -0.486 e. The fraction of sp³-hybridized carbons (Fsp3) is 0.0667. The third-order valence-electron chi connectivity index (χ3n) is 2.74. The van der Waals surface area contributed by atoms with Gasteiger partial charge in [0.05, 0.1) is 0 Å². The molecule has 0 aliphatic carbocycles. The van der Waals surface area contributed by atoms with E-state index in [0.717, 1.165) is 5.56 Å². The summed E-state index contributed by atoms with van der Waals surface area (Å²) < 4.78 is 5.60. The van der Waals surface area contributed by atoms with Crippen molar-refractivity contribution in [1.29, 1.82) is 0 Å². The Labute approximate surface area is 121 Å². The van der Waals surface area contributed by atoms with Crippen molar-refractivity contribution in [2.45, 2.75) is 6.61 Å². The van der Waals surface area contributed by atoms with E-state index in [1.165, 1.54) is 0 Å². The van der Waals surface area contributed by atoms with Crippen LogP contribution in [0.5, 0.6) is 5.75 Å². The molecule has 0 spiro atoms. The van der Waals surface area contributed by atoms with Gasteiger partial charge in [0.15, 0.2) is 11.6 Å². The molecule has 2 aromatic carbocycles. The van der Waals surface area contributed by atoms with Crippen molar-refractivity contribution in [1.82, 2.24) is 15.2 Å². The Morgan fingerprint density at radius 1 is 1.05 bits per heavy atom. The molecule has 0 saturated heterocycles. The van der Waals surface area contributed by atoms with Crippen molar-refractivity contribution in [2.75, 3.05) is 0 Å². The highest BCUT2D eigenvalue weighted by molar-refractivity contribution is 6.30. The zero-order valence-electron chi connectivity index (χ0n) is 10.6. The molecule has 1 heterocycles. The molecule has 100 valence electrons.